The molecule has 0 bridgehead atoms. The zero-order chi connectivity index (χ0) is 13.4. The molecule has 1 fully saturated rings. The van der Waals surface area contributed by atoms with Gasteiger partial charge in [0.15, 0.2) is 0 Å². The van der Waals surface area contributed by atoms with Gasteiger partial charge in [-0.15, -0.1) is 6.42 Å². The van der Waals surface area contributed by atoms with Crippen molar-refractivity contribution in [1.29, 1.82) is 0 Å². The second-order valence-corrected chi connectivity index (χ2v) is 6.07. The van der Waals surface area contributed by atoms with Gasteiger partial charge >= 0.3 is 0 Å². The minimum absolute atomic E-state index is 0.616. The van der Waals surface area contributed by atoms with E-state index >= 15 is 0 Å². The van der Waals surface area contributed by atoms with E-state index in [9.17, 15) is 0 Å². The van der Waals surface area contributed by atoms with Gasteiger partial charge in [0.2, 0.25) is 0 Å². The molecule has 18 heavy (non-hydrogen) atoms. The second-order valence-electron chi connectivity index (χ2n) is 6.07. The highest BCUT2D eigenvalue weighted by Gasteiger charge is 2.27. The van der Waals surface area contributed by atoms with Crippen molar-refractivity contribution in [3.05, 3.63) is 0 Å². The normalized spacial score (nSPS) is 17.1. The average molecular weight is 250 g/mol. The Kier molecular flexibility index (Phi) is 7.39. The highest BCUT2D eigenvalue weighted by atomic mass is 15.2. The Morgan fingerprint density at radius 3 is 2.56 bits per heavy atom. The number of hydrogen-bond donors (Lipinski definition) is 1. The molecule has 1 saturated carbocycles. The van der Waals surface area contributed by atoms with E-state index in [0.29, 0.717) is 6.04 Å². The van der Waals surface area contributed by atoms with E-state index in [2.05, 4.69) is 36.9 Å². The molecule has 2 heteroatoms. The molecule has 1 unspecified atom stereocenters. The van der Waals surface area contributed by atoms with Crippen molar-refractivity contribution in [3.63, 3.8) is 0 Å². The predicted molar refractivity (Wildman–Crippen MR) is 79.5 cm³/mol. The Bertz CT molecular complexity index is 250. The highest BCUT2D eigenvalue weighted by Crippen LogP contribution is 2.30. The molecular formula is C16H30N2. The van der Waals surface area contributed by atoms with Crippen molar-refractivity contribution in [2.24, 2.45) is 11.8 Å². The lowest BCUT2D eigenvalue weighted by molar-refractivity contribution is 0.194. The zero-order valence-electron chi connectivity index (χ0n) is 12.4. The molecule has 0 aromatic rings. The van der Waals surface area contributed by atoms with Gasteiger partial charge in [-0.3, -0.25) is 4.90 Å². The van der Waals surface area contributed by atoms with Crippen molar-refractivity contribution in [2.75, 3.05) is 26.2 Å². The van der Waals surface area contributed by atoms with Gasteiger partial charge in [0.1, 0.15) is 0 Å². The Balaban J connectivity index is 2.40. The van der Waals surface area contributed by atoms with Crippen molar-refractivity contribution >= 4 is 0 Å². The topological polar surface area (TPSA) is 15.3 Å². The molecular weight excluding hydrogens is 220 g/mol. The van der Waals surface area contributed by atoms with Crippen molar-refractivity contribution in [1.82, 2.24) is 10.2 Å². The smallest absolute Gasteiger partial charge is 0.0601 e. The van der Waals surface area contributed by atoms with Crippen LogP contribution in [0.1, 0.15) is 46.5 Å². The van der Waals surface area contributed by atoms with Crippen LogP contribution in [0, 0.1) is 24.2 Å². The Morgan fingerprint density at radius 2 is 2.06 bits per heavy atom. The van der Waals surface area contributed by atoms with Gasteiger partial charge in [0.05, 0.1) is 6.54 Å². The van der Waals surface area contributed by atoms with Crippen molar-refractivity contribution in [2.45, 2.75) is 52.5 Å². The van der Waals surface area contributed by atoms with E-state index < -0.39 is 0 Å². The molecule has 0 aromatic carbocycles. The summed E-state index contributed by atoms with van der Waals surface area (Å²) in [5.41, 5.74) is 0. The first-order valence-electron chi connectivity index (χ1n) is 7.55. The van der Waals surface area contributed by atoms with E-state index in [1.807, 2.05) is 0 Å². The Hall–Kier alpha value is -0.520. The minimum Gasteiger partial charge on any atom is -0.315 e. The van der Waals surface area contributed by atoms with Crippen LogP contribution < -0.4 is 5.32 Å². The molecule has 0 radical (unpaired) electrons. The third kappa shape index (κ3) is 6.42. The van der Waals surface area contributed by atoms with Gasteiger partial charge in [0.25, 0.3) is 0 Å². The van der Waals surface area contributed by atoms with Gasteiger partial charge in [-0.25, -0.2) is 0 Å². The van der Waals surface area contributed by atoms with Crippen molar-refractivity contribution in [3.8, 4) is 12.3 Å². The van der Waals surface area contributed by atoms with Gasteiger partial charge in [0, 0.05) is 19.1 Å². The van der Waals surface area contributed by atoms with Crippen LogP contribution in [0.3, 0.4) is 0 Å². The summed E-state index contributed by atoms with van der Waals surface area (Å²) in [6.07, 6.45) is 10.8. The van der Waals surface area contributed by atoms with E-state index in [1.165, 1.54) is 32.2 Å². The summed E-state index contributed by atoms with van der Waals surface area (Å²) < 4.78 is 0. The third-order valence-corrected chi connectivity index (χ3v) is 3.55. The SMILES string of the molecule is C#CCN(CC1CC1)C(CCC)CNCC(C)C. The van der Waals surface area contributed by atoms with Gasteiger partial charge in [-0.1, -0.05) is 33.1 Å². The lowest BCUT2D eigenvalue weighted by Gasteiger charge is -2.30. The van der Waals surface area contributed by atoms with Crippen LogP contribution in [-0.4, -0.2) is 37.1 Å². The van der Waals surface area contributed by atoms with Gasteiger partial charge in [-0.05, 0) is 37.6 Å². The van der Waals surface area contributed by atoms with Gasteiger partial charge < -0.3 is 5.32 Å². The fraction of sp³-hybridized carbons (Fsp3) is 0.875. The number of nitrogens with one attached hydrogen (secondary N) is 1. The fourth-order valence-corrected chi connectivity index (χ4v) is 2.38. The average Bonchev–Trinajstić information content (AvgIpc) is 3.11. The summed E-state index contributed by atoms with van der Waals surface area (Å²) in [4.78, 5) is 2.52. The number of hydrogen-bond acceptors (Lipinski definition) is 2. The largest absolute Gasteiger partial charge is 0.315 e. The molecule has 1 atom stereocenters. The molecule has 2 nitrogen and oxygen atoms in total. The first kappa shape index (κ1) is 15.5. The molecule has 0 aromatic heterocycles. The molecule has 0 aliphatic heterocycles. The van der Waals surface area contributed by atoms with E-state index in [-0.39, 0.29) is 0 Å². The molecule has 1 aliphatic rings. The third-order valence-electron chi connectivity index (χ3n) is 3.55. The lowest BCUT2D eigenvalue weighted by Crippen LogP contribution is -2.44. The molecule has 104 valence electrons. The molecule has 0 saturated heterocycles. The summed E-state index contributed by atoms with van der Waals surface area (Å²) in [6.45, 7) is 11.0. The maximum absolute atomic E-state index is 5.52. The molecule has 0 heterocycles. The van der Waals surface area contributed by atoms with Crippen LogP contribution in [0.4, 0.5) is 0 Å². The van der Waals surface area contributed by atoms with Crippen LogP contribution in [0.5, 0.6) is 0 Å². The molecule has 1 aliphatic carbocycles. The Labute approximate surface area is 114 Å². The van der Waals surface area contributed by atoms with Crippen LogP contribution in [0.15, 0.2) is 0 Å². The van der Waals surface area contributed by atoms with E-state index in [0.717, 1.165) is 31.5 Å². The standard InChI is InChI=1S/C16H30N2/c1-5-7-16(12-17-11-14(3)4)18(10-6-2)13-15-8-9-15/h2,14-17H,5,7-13H2,1,3-4H3. The minimum atomic E-state index is 0.616. The summed E-state index contributed by atoms with van der Waals surface area (Å²) >= 11 is 0. The maximum atomic E-state index is 5.52. The van der Waals surface area contributed by atoms with Crippen LogP contribution in [-0.2, 0) is 0 Å². The monoisotopic (exact) mass is 250 g/mol. The lowest BCUT2D eigenvalue weighted by atomic mass is 10.1. The number of terminal acetylenes is 1. The highest BCUT2D eigenvalue weighted by molar-refractivity contribution is 4.93. The molecule has 0 amide bonds. The summed E-state index contributed by atoms with van der Waals surface area (Å²) in [5, 5.41) is 3.59. The summed E-state index contributed by atoms with van der Waals surface area (Å²) in [5.74, 6) is 4.48. The fourth-order valence-electron chi connectivity index (χ4n) is 2.38. The quantitative estimate of drug-likeness (QED) is 0.600. The van der Waals surface area contributed by atoms with Crippen molar-refractivity contribution < 1.29 is 0 Å². The number of nitrogens with zero attached hydrogens (tertiary/aromatic N) is 1. The summed E-state index contributed by atoms with van der Waals surface area (Å²) in [6, 6.07) is 0.616. The van der Waals surface area contributed by atoms with Crippen LogP contribution in [0.25, 0.3) is 0 Å². The molecule has 0 spiro atoms. The van der Waals surface area contributed by atoms with Gasteiger partial charge in [-0.2, -0.15) is 0 Å². The number of rotatable bonds is 10. The van der Waals surface area contributed by atoms with Crippen LogP contribution >= 0.6 is 0 Å². The predicted octanol–water partition coefficient (Wildman–Crippen LogP) is 2.75. The van der Waals surface area contributed by atoms with Crippen LogP contribution in [0.2, 0.25) is 0 Å². The Morgan fingerprint density at radius 1 is 1.33 bits per heavy atom. The summed E-state index contributed by atoms with van der Waals surface area (Å²) in [7, 11) is 0. The maximum Gasteiger partial charge on any atom is 0.0601 e. The zero-order valence-corrected chi connectivity index (χ0v) is 12.4. The second kappa shape index (κ2) is 8.56. The first-order chi connectivity index (χ1) is 8.67. The molecule has 1 N–H and O–H groups in total. The first-order valence-corrected chi connectivity index (χ1v) is 7.55. The molecule has 1 rings (SSSR count). The van der Waals surface area contributed by atoms with E-state index in [1.54, 1.807) is 0 Å². The van der Waals surface area contributed by atoms with E-state index in [4.69, 9.17) is 6.42 Å².